The van der Waals surface area contributed by atoms with E-state index in [0.717, 1.165) is 38.1 Å². The minimum absolute atomic E-state index is 0.294. The van der Waals surface area contributed by atoms with Gasteiger partial charge in [-0.25, -0.2) is 0 Å². The summed E-state index contributed by atoms with van der Waals surface area (Å²) in [6.07, 6.45) is 0. The lowest BCUT2D eigenvalue weighted by Crippen LogP contribution is -2.26. The average molecular weight is 356 g/mol. The van der Waals surface area contributed by atoms with Gasteiger partial charge < -0.3 is 0 Å². The lowest BCUT2D eigenvalue weighted by molar-refractivity contribution is 1.17. The molecule has 0 saturated heterocycles. The molecule has 0 heterocycles. The Labute approximate surface area is 161 Å². The lowest BCUT2D eigenvalue weighted by atomic mass is 9.86. The Kier molecular flexibility index (Phi) is 2.93. The Hall–Kier alpha value is -3.78. The summed E-state index contributed by atoms with van der Waals surface area (Å²) in [6.45, 7) is 0. The molecule has 6 aromatic carbocycles. The summed E-state index contributed by atoms with van der Waals surface area (Å²) in [7, 11) is 0. The van der Waals surface area contributed by atoms with Crippen LogP contribution in [-0.4, -0.2) is 0 Å². The van der Waals surface area contributed by atoms with Gasteiger partial charge in [-0.1, -0.05) is 84.9 Å². The third kappa shape index (κ3) is 1.82. The first-order valence-corrected chi connectivity index (χ1v) is 9.39. The molecule has 0 radical (unpaired) electrons. The smallest absolute Gasteiger partial charge is 0.0880 e. The Bertz CT molecular complexity index is 1630. The quantitative estimate of drug-likeness (QED) is 0.276. The molecule has 0 unspecified atom stereocenters. The molecule has 0 fully saturated rings. The summed E-state index contributed by atoms with van der Waals surface area (Å²) >= 11 is 0. The van der Waals surface area contributed by atoms with Gasteiger partial charge in [0.05, 0.1) is 10.7 Å². The van der Waals surface area contributed by atoms with Crippen molar-refractivity contribution in [2.24, 2.45) is 0 Å². The lowest BCUT2D eigenvalue weighted by Gasteiger charge is -2.16. The Morgan fingerprint density at radius 3 is 1.79 bits per heavy atom. The van der Waals surface area contributed by atoms with Crippen LogP contribution in [0.5, 0.6) is 0 Å². The van der Waals surface area contributed by atoms with E-state index in [9.17, 15) is 0 Å². The van der Waals surface area contributed by atoms with Crippen LogP contribution in [0.4, 0.5) is 0 Å². The molecule has 0 bridgehead atoms. The zero-order chi connectivity index (χ0) is 18.8. The maximum absolute atomic E-state index is 8.92. The molecule has 0 saturated carbocycles. The van der Waals surface area contributed by atoms with E-state index in [1.165, 1.54) is 16.2 Å². The molecule has 0 aliphatic carbocycles. The van der Waals surface area contributed by atoms with Crippen molar-refractivity contribution in [1.29, 1.82) is 10.8 Å². The van der Waals surface area contributed by atoms with E-state index in [4.69, 9.17) is 10.8 Å². The fourth-order valence-corrected chi connectivity index (χ4v) is 4.71. The molecular weight excluding hydrogens is 340 g/mol. The normalized spacial score (nSPS) is 11.9. The molecule has 130 valence electrons. The number of hydrogen-bond donors (Lipinski definition) is 2. The first kappa shape index (κ1) is 15.3. The fraction of sp³-hybridized carbons (Fsp3) is 0. The van der Waals surface area contributed by atoms with Crippen molar-refractivity contribution in [2.75, 3.05) is 0 Å². The highest BCUT2D eigenvalue weighted by Crippen LogP contribution is 2.40. The minimum atomic E-state index is 0.294. The minimum Gasteiger partial charge on any atom is -0.298 e. The van der Waals surface area contributed by atoms with E-state index in [2.05, 4.69) is 54.6 Å². The first-order valence-electron chi connectivity index (χ1n) is 9.39. The summed E-state index contributed by atoms with van der Waals surface area (Å²) in [6, 6.07) is 29.0. The predicted molar refractivity (Wildman–Crippen MR) is 116 cm³/mol. The highest BCUT2D eigenvalue weighted by atomic mass is 14.5. The van der Waals surface area contributed by atoms with Gasteiger partial charge in [0.25, 0.3) is 0 Å². The van der Waals surface area contributed by atoms with Gasteiger partial charge in [-0.2, -0.15) is 0 Å². The van der Waals surface area contributed by atoms with Crippen molar-refractivity contribution in [1.82, 2.24) is 0 Å². The summed E-state index contributed by atoms with van der Waals surface area (Å²) in [5.74, 6) is 0. The Morgan fingerprint density at radius 2 is 1.04 bits per heavy atom. The molecule has 0 aliphatic rings. The fourth-order valence-electron chi connectivity index (χ4n) is 4.71. The topological polar surface area (TPSA) is 47.7 Å². The SMILES string of the molecule is N=c1c(-c2ccccc2)c2cccc3c4cccc5cccc(c(c1=N)c23)c54. The van der Waals surface area contributed by atoms with E-state index >= 15 is 0 Å². The van der Waals surface area contributed by atoms with Crippen LogP contribution in [0.3, 0.4) is 0 Å². The third-order valence-electron chi connectivity index (χ3n) is 5.86. The Morgan fingerprint density at radius 1 is 0.429 bits per heavy atom. The number of hydrogen-bond acceptors (Lipinski definition) is 2. The van der Waals surface area contributed by atoms with Gasteiger partial charge >= 0.3 is 0 Å². The van der Waals surface area contributed by atoms with Gasteiger partial charge in [0.2, 0.25) is 0 Å². The van der Waals surface area contributed by atoms with Gasteiger partial charge in [0.15, 0.2) is 0 Å². The van der Waals surface area contributed by atoms with Crippen molar-refractivity contribution >= 4 is 43.1 Å². The molecule has 2 nitrogen and oxygen atoms in total. The van der Waals surface area contributed by atoms with E-state index in [1.807, 2.05) is 30.3 Å². The zero-order valence-electron chi connectivity index (χ0n) is 15.1. The third-order valence-corrected chi connectivity index (χ3v) is 5.86. The van der Waals surface area contributed by atoms with Gasteiger partial charge in [-0.3, -0.25) is 10.8 Å². The summed E-state index contributed by atoms with van der Waals surface area (Å²) in [5, 5.41) is 27.2. The largest absolute Gasteiger partial charge is 0.298 e. The van der Waals surface area contributed by atoms with E-state index in [-0.39, 0.29) is 0 Å². The van der Waals surface area contributed by atoms with Crippen molar-refractivity contribution < 1.29 is 0 Å². The van der Waals surface area contributed by atoms with Crippen molar-refractivity contribution in [2.45, 2.75) is 0 Å². The molecule has 6 rings (SSSR count). The van der Waals surface area contributed by atoms with Crippen LogP contribution in [0.25, 0.3) is 54.2 Å². The van der Waals surface area contributed by atoms with Crippen LogP contribution >= 0.6 is 0 Å². The van der Waals surface area contributed by atoms with Crippen LogP contribution in [0.2, 0.25) is 0 Å². The van der Waals surface area contributed by atoms with Crippen molar-refractivity contribution in [3.8, 4) is 11.1 Å². The van der Waals surface area contributed by atoms with Gasteiger partial charge in [0.1, 0.15) is 0 Å². The standard InChI is InChI=1S/C26H16N2/c27-25-22(16-7-2-1-3-8-16)20-14-6-12-18-17-11-4-9-15-10-5-13-19(21(15)17)24(23(18)20)26(25)28/h1-14,27-28H. The molecule has 0 aliphatic heterocycles. The summed E-state index contributed by atoms with van der Waals surface area (Å²) < 4.78 is 0. The highest BCUT2D eigenvalue weighted by Gasteiger charge is 2.18. The van der Waals surface area contributed by atoms with E-state index in [0.29, 0.717) is 10.7 Å². The first-order chi connectivity index (χ1) is 13.8. The molecule has 0 spiro atoms. The van der Waals surface area contributed by atoms with Gasteiger partial charge in [0, 0.05) is 16.3 Å². The molecule has 2 N–H and O–H groups in total. The monoisotopic (exact) mass is 356 g/mol. The summed E-state index contributed by atoms with van der Waals surface area (Å²) in [4.78, 5) is 0. The molecule has 6 aromatic rings. The second-order valence-corrected chi connectivity index (χ2v) is 7.30. The number of nitrogens with one attached hydrogen (secondary N) is 2. The zero-order valence-corrected chi connectivity index (χ0v) is 15.1. The van der Waals surface area contributed by atoms with E-state index < -0.39 is 0 Å². The van der Waals surface area contributed by atoms with Gasteiger partial charge in [-0.15, -0.1) is 0 Å². The van der Waals surface area contributed by atoms with Crippen molar-refractivity contribution in [3.63, 3.8) is 0 Å². The summed E-state index contributed by atoms with van der Waals surface area (Å²) in [5.41, 5.74) is 1.83. The van der Waals surface area contributed by atoms with Crippen LogP contribution in [0.1, 0.15) is 0 Å². The molecular formula is C26H16N2. The van der Waals surface area contributed by atoms with Crippen LogP contribution < -0.4 is 10.7 Å². The van der Waals surface area contributed by atoms with Gasteiger partial charge in [-0.05, 0) is 37.9 Å². The second-order valence-electron chi connectivity index (χ2n) is 7.30. The maximum atomic E-state index is 8.92. The Balaban J connectivity index is 2.02. The number of rotatable bonds is 1. The molecule has 2 heteroatoms. The molecule has 0 aromatic heterocycles. The van der Waals surface area contributed by atoms with Crippen molar-refractivity contribution in [3.05, 3.63) is 95.6 Å². The number of benzene rings is 6. The van der Waals surface area contributed by atoms with Crippen LogP contribution in [0.15, 0.2) is 84.9 Å². The molecule has 0 amide bonds. The predicted octanol–water partition coefficient (Wildman–Crippen LogP) is 5.80. The van der Waals surface area contributed by atoms with Crippen LogP contribution in [-0.2, 0) is 0 Å². The van der Waals surface area contributed by atoms with E-state index in [1.54, 1.807) is 0 Å². The molecule has 0 atom stereocenters. The highest BCUT2D eigenvalue weighted by molar-refractivity contribution is 6.33. The van der Waals surface area contributed by atoms with Crippen LogP contribution in [0, 0.1) is 10.8 Å². The molecule has 28 heavy (non-hydrogen) atoms. The maximum Gasteiger partial charge on any atom is 0.0880 e. The number of fused-ring (bicyclic) bond motifs is 2. The average Bonchev–Trinajstić information content (AvgIpc) is 2.74. The second kappa shape index (κ2) is 5.37.